The Morgan fingerprint density at radius 1 is 1.05 bits per heavy atom. The van der Waals surface area contributed by atoms with Crippen molar-refractivity contribution in [2.45, 2.75) is 25.2 Å². The summed E-state index contributed by atoms with van der Waals surface area (Å²) in [5.74, 6) is 0. The number of anilines is 1. The summed E-state index contributed by atoms with van der Waals surface area (Å²) in [7, 11) is -3.60. The topological polar surface area (TPSA) is 46.2 Å². The third kappa shape index (κ3) is 3.87. The minimum absolute atomic E-state index is 0.242. The average molecular weight is 433 g/mol. The van der Waals surface area contributed by atoms with Crippen LogP contribution in [0.15, 0.2) is 50.2 Å². The van der Waals surface area contributed by atoms with Crippen molar-refractivity contribution in [1.82, 2.24) is 0 Å². The quantitative estimate of drug-likeness (QED) is 0.747. The van der Waals surface area contributed by atoms with Crippen LogP contribution >= 0.6 is 31.9 Å². The zero-order valence-corrected chi connectivity index (χ0v) is 15.6. The lowest BCUT2D eigenvalue weighted by Gasteiger charge is -2.13. The van der Waals surface area contributed by atoms with Crippen LogP contribution in [0.4, 0.5) is 5.69 Å². The van der Waals surface area contributed by atoms with Gasteiger partial charge in [0.1, 0.15) is 0 Å². The highest BCUT2D eigenvalue weighted by Crippen LogP contribution is 2.34. The summed E-state index contributed by atoms with van der Waals surface area (Å²) in [6, 6.07) is 10.6. The van der Waals surface area contributed by atoms with Crippen LogP contribution in [0.5, 0.6) is 0 Å². The molecule has 21 heavy (non-hydrogen) atoms. The molecule has 0 aliphatic heterocycles. The maximum atomic E-state index is 12.4. The second-order valence-electron chi connectivity index (χ2n) is 4.71. The lowest BCUT2D eigenvalue weighted by Crippen LogP contribution is -2.14. The minimum Gasteiger partial charge on any atom is -0.277 e. The molecule has 1 N–H and O–H groups in total. The van der Waals surface area contributed by atoms with Crippen molar-refractivity contribution in [1.29, 1.82) is 0 Å². The molecule has 0 aliphatic rings. The van der Waals surface area contributed by atoms with E-state index >= 15 is 0 Å². The van der Waals surface area contributed by atoms with E-state index < -0.39 is 10.0 Å². The maximum absolute atomic E-state index is 12.4. The Hall–Kier alpha value is -0.850. The van der Waals surface area contributed by atoms with Crippen LogP contribution in [-0.2, 0) is 16.4 Å². The van der Waals surface area contributed by atoms with Crippen molar-refractivity contribution in [3.63, 3.8) is 0 Å². The Morgan fingerprint density at radius 3 is 2.05 bits per heavy atom. The molecule has 2 aromatic rings. The van der Waals surface area contributed by atoms with Gasteiger partial charge < -0.3 is 0 Å². The van der Waals surface area contributed by atoms with Gasteiger partial charge in [0, 0.05) is 8.95 Å². The van der Waals surface area contributed by atoms with Gasteiger partial charge in [-0.15, -0.1) is 0 Å². The Kier molecular flexibility index (Phi) is 5.11. The van der Waals surface area contributed by atoms with E-state index in [1.54, 1.807) is 24.3 Å². The van der Waals surface area contributed by atoms with Gasteiger partial charge in [0.05, 0.1) is 10.6 Å². The van der Waals surface area contributed by atoms with Crippen molar-refractivity contribution in [3.05, 3.63) is 56.5 Å². The molecule has 0 unspecified atom stereocenters. The van der Waals surface area contributed by atoms with Crippen LogP contribution in [0.2, 0.25) is 0 Å². The molecule has 0 aliphatic carbocycles. The number of aryl methyl sites for hydroxylation is 2. The van der Waals surface area contributed by atoms with Crippen LogP contribution in [0.1, 0.15) is 18.1 Å². The van der Waals surface area contributed by atoms with Gasteiger partial charge in [-0.3, -0.25) is 4.72 Å². The van der Waals surface area contributed by atoms with E-state index in [9.17, 15) is 8.42 Å². The molecule has 3 nitrogen and oxygen atoms in total. The number of benzene rings is 2. The molecule has 0 spiro atoms. The van der Waals surface area contributed by atoms with Gasteiger partial charge in [-0.05, 0) is 75.0 Å². The van der Waals surface area contributed by atoms with E-state index in [0.29, 0.717) is 14.6 Å². The second kappa shape index (κ2) is 6.50. The van der Waals surface area contributed by atoms with Gasteiger partial charge in [-0.25, -0.2) is 8.42 Å². The number of sulfonamides is 1. The molecule has 2 aromatic carbocycles. The van der Waals surface area contributed by atoms with Crippen LogP contribution in [0.3, 0.4) is 0 Å². The summed E-state index contributed by atoms with van der Waals surface area (Å²) in [6.07, 6.45) is 0.877. The molecule has 0 heterocycles. The summed E-state index contributed by atoms with van der Waals surface area (Å²) in [5, 5.41) is 0. The predicted octanol–water partition coefficient (Wildman–Crippen LogP) is 4.88. The summed E-state index contributed by atoms with van der Waals surface area (Å²) in [6.45, 7) is 3.96. The maximum Gasteiger partial charge on any atom is 0.261 e. The smallest absolute Gasteiger partial charge is 0.261 e. The molecule has 0 saturated heterocycles. The van der Waals surface area contributed by atoms with Crippen molar-refractivity contribution in [2.75, 3.05) is 4.72 Å². The number of hydrogen-bond donors (Lipinski definition) is 1. The fourth-order valence-corrected chi connectivity index (χ4v) is 4.68. The highest BCUT2D eigenvalue weighted by Gasteiger charge is 2.17. The second-order valence-corrected chi connectivity index (χ2v) is 8.10. The van der Waals surface area contributed by atoms with Gasteiger partial charge in [-0.1, -0.05) is 24.6 Å². The first-order valence-electron chi connectivity index (χ1n) is 6.41. The number of nitrogens with one attached hydrogen (secondary N) is 1. The molecule has 0 atom stereocenters. The number of hydrogen-bond acceptors (Lipinski definition) is 2. The third-order valence-corrected chi connectivity index (χ3v) is 5.69. The zero-order chi connectivity index (χ0) is 15.6. The predicted molar refractivity (Wildman–Crippen MR) is 93.2 cm³/mol. The molecule has 0 aromatic heterocycles. The van der Waals surface area contributed by atoms with Crippen LogP contribution in [0.25, 0.3) is 0 Å². The van der Waals surface area contributed by atoms with Gasteiger partial charge >= 0.3 is 0 Å². The third-order valence-electron chi connectivity index (χ3n) is 3.08. The van der Waals surface area contributed by atoms with Gasteiger partial charge in [-0.2, -0.15) is 0 Å². The SMILES string of the molecule is CCc1cc(Br)c(NS(=O)(=O)c2ccc(C)cc2)c(Br)c1. The molecular weight excluding hydrogens is 418 g/mol. The standard InChI is InChI=1S/C15H15Br2NO2S/c1-3-11-8-13(16)15(14(17)9-11)18-21(19,20)12-6-4-10(2)5-7-12/h4-9,18H,3H2,1-2H3. The Labute approximate surface area is 142 Å². The fraction of sp³-hybridized carbons (Fsp3) is 0.200. The van der Waals surface area contributed by atoms with E-state index in [4.69, 9.17) is 0 Å². The van der Waals surface area contributed by atoms with Crippen LogP contribution < -0.4 is 4.72 Å². The summed E-state index contributed by atoms with van der Waals surface area (Å²) in [4.78, 5) is 0.242. The lowest BCUT2D eigenvalue weighted by atomic mass is 10.2. The zero-order valence-electron chi connectivity index (χ0n) is 11.7. The highest BCUT2D eigenvalue weighted by molar-refractivity contribution is 9.11. The monoisotopic (exact) mass is 431 g/mol. The largest absolute Gasteiger partial charge is 0.277 e. The first-order valence-corrected chi connectivity index (χ1v) is 9.48. The number of halogens is 2. The average Bonchev–Trinajstić information content (AvgIpc) is 2.43. The molecule has 0 radical (unpaired) electrons. The van der Waals surface area contributed by atoms with E-state index in [0.717, 1.165) is 17.5 Å². The summed E-state index contributed by atoms with van der Waals surface area (Å²) < 4.78 is 28.9. The van der Waals surface area contributed by atoms with Crippen molar-refractivity contribution >= 4 is 47.6 Å². The number of rotatable bonds is 4. The van der Waals surface area contributed by atoms with E-state index in [1.165, 1.54) is 0 Å². The minimum atomic E-state index is -3.60. The molecule has 2 rings (SSSR count). The van der Waals surface area contributed by atoms with Gasteiger partial charge in [0.15, 0.2) is 0 Å². The van der Waals surface area contributed by atoms with Crippen LogP contribution in [-0.4, -0.2) is 8.42 Å². The van der Waals surface area contributed by atoms with Crippen molar-refractivity contribution in [3.8, 4) is 0 Å². The Morgan fingerprint density at radius 2 is 1.57 bits per heavy atom. The van der Waals surface area contributed by atoms with E-state index in [-0.39, 0.29) is 4.90 Å². The summed E-state index contributed by atoms with van der Waals surface area (Å²) >= 11 is 6.84. The van der Waals surface area contributed by atoms with Gasteiger partial charge in [0.2, 0.25) is 0 Å². The molecule has 0 fully saturated rings. The van der Waals surface area contributed by atoms with E-state index in [1.807, 2.05) is 26.0 Å². The normalized spacial score (nSPS) is 11.4. The molecular formula is C15H15Br2NO2S. The molecule has 0 bridgehead atoms. The van der Waals surface area contributed by atoms with Crippen LogP contribution in [0, 0.1) is 6.92 Å². The first-order chi connectivity index (χ1) is 9.83. The van der Waals surface area contributed by atoms with Crippen molar-refractivity contribution < 1.29 is 8.42 Å². The van der Waals surface area contributed by atoms with E-state index in [2.05, 4.69) is 36.6 Å². The lowest BCUT2D eigenvalue weighted by molar-refractivity contribution is 0.601. The summed E-state index contributed by atoms with van der Waals surface area (Å²) in [5.41, 5.74) is 2.64. The first kappa shape index (κ1) is 16.5. The van der Waals surface area contributed by atoms with Gasteiger partial charge in [0.25, 0.3) is 10.0 Å². The molecule has 6 heteroatoms. The van der Waals surface area contributed by atoms with Crippen molar-refractivity contribution in [2.24, 2.45) is 0 Å². The molecule has 112 valence electrons. The Balaban J connectivity index is 2.39. The Bertz CT molecular complexity index is 733. The highest BCUT2D eigenvalue weighted by atomic mass is 79.9. The molecule has 0 amide bonds. The fourth-order valence-electron chi connectivity index (χ4n) is 1.84. The molecule has 0 saturated carbocycles.